The largest absolute Gasteiger partial charge is 0.0794 e. The van der Waals surface area contributed by atoms with Gasteiger partial charge in [-0.1, -0.05) is 49.0 Å². The summed E-state index contributed by atoms with van der Waals surface area (Å²) in [6, 6.07) is 6.81. The topological polar surface area (TPSA) is 0 Å². The Morgan fingerprint density at radius 2 is 1.93 bits per heavy atom. The van der Waals surface area contributed by atoms with Crippen molar-refractivity contribution in [2.75, 3.05) is 0 Å². The Hall–Kier alpha value is 0.177. The minimum absolute atomic E-state index is 0. The van der Waals surface area contributed by atoms with Gasteiger partial charge in [-0.3, -0.25) is 0 Å². The SMILES string of the molecule is Cc1ccc2c(c1)C=CC2[Si](C)C.[Na]. The Bertz CT molecular complexity index is 355. The molecule has 2 rings (SSSR count). The van der Waals surface area contributed by atoms with Crippen LogP contribution in [0.15, 0.2) is 24.3 Å². The van der Waals surface area contributed by atoms with E-state index in [9.17, 15) is 0 Å². The van der Waals surface area contributed by atoms with Gasteiger partial charge in [-0.2, -0.15) is 0 Å². The van der Waals surface area contributed by atoms with Crippen LogP contribution in [0.5, 0.6) is 0 Å². The van der Waals surface area contributed by atoms with Gasteiger partial charge >= 0.3 is 0 Å². The van der Waals surface area contributed by atoms with Crippen LogP contribution in [0.25, 0.3) is 6.08 Å². The van der Waals surface area contributed by atoms with Crippen molar-refractivity contribution in [3.05, 3.63) is 41.0 Å². The number of allylic oxidation sites excluding steroid dienone is 1. The first-order valence-electron chi connectivity index (χ1n) is 4.77. The smallest absolute Gasteiger partial charge is 0.0548 e. The molecular formula is C12H15NaSi. The van der Waals surface area contributed by atoms with Crippen LogP contribution in [-0.4, -0.2) is 38.4 Å². The van der Waals surface area contributed by atoms with Crippen LogP contribution >= 0.6 is 0 Å². The van der Waals surface area contributed by atoms with Crippen LogP contribution in [-0.2, 0) is 0 Å². The minimum atomic E-state index is -0.224. The van der Waals surface area contributed by atoms with Crippen LogP contribution < -0.4 is 0 Å². The molecule has 0 saturated carbocycles. The first kappa shape index (κ1) is 12.2. The molecule has 0 bridgehead atoms. The number of rotatable bonds is 1. The Kier molecular flexibility index (Phi) is 4.20. The molecule has 1 aliphatic rings. The van der Waals surface area contributed by atoms with Crippen molar-refractivity contribution in [1.29, 1.82) is 0 Å². The number of hydrogen-bond acceptors (Lipinski definition) is 0. The van der Waals surface area contributed by atoms with Crippen molar-refractivity contribution >= 4 is 44.4 Å². The van der Waals surface area contributed by atoms with Gasteiger partial charge in [0.1, 0.15) is 0 Å². The van der Waals surface area contributed by atoms with Gasteiger partial charge in [0.15, 0.2) is 0 Å². The molecule has 0 saturated heterocycles. The van der Waals surface area contributed by atoms with Crippen LogP contribution in [0.4, 0.5) is 0 Å². The zero-order chi connectivity index (χ0) is 9.42. The van der Waals surface area contributed by atoms with Crippen LogP contribution in [0, 0.1) is 6.92 Å². The Balaban J connectivity index is 0.000000980. The van der Waals surface area contributed by atoms with Gasteiger partial charge in [0, 0.05) is 29.6 Å². The first-order valence-corrected chi connectivity index (χ1v) is 7.35. The van der Waals surface area contributed by atoms with Crippen molar-refractivity contribution in [2.45, 2.75) is 25.6 Å². The standard InChI is InChI=1S/C12H15Si.Na/c1-9-4-6-11-10(8-9)5-7-12(11)13(2)3;/h4-8,12H,1-3H3;. The minimum Gasteiger partial charge on any atom is -0.0794 e. The molecule has 14 heavy (non-hydrogen) atoms. The zero-order valence-corrected chi connectivity index (χ0v) is 12.5. The van der Waals surface area contributed by atoms with E-state index in [-0.39, 0.29) is 38.4 Å². The molecule has 2 heteroatoms. The molecule has 0 spiro atoms. The summed E-state index contributed by atoms with van der Waals surface area (Å²) in [6.45, 7) is 6.93. The summed E-state index contributed by atoms with van der Waals surface area (Å²) in [5.41, 5.74) is 5.09. The second kappa shape index (κ2) is 4.80. The summed E-state index contributed by atoms with van der Waals surface area (Å²) in [5.74, 6) is 0. The van der Waals surface area contributed by atoms with Crippen LogP contribution in [0.1, 0.15) is 22.2 Å². The van der Waals surface area contributed by atoms with Gasteiger partial charge in [-0.15, -0.1) is 0 Å². The van der Waals surface area contributed by atoms with Gasteiger partial charge in [0.2, 0.25) is 0 Å². The van der Waals surface area contributed by atoms with E-state index in [1.165, 1.54) is 11.1 Å². The molecule has 0 heterocycles. The molecule has 1 unspecified atom stereocenters. The number of fused-ring (bicyclic) bond motifs is 1. The van der Waals surface area contributed by atoms with Gasteiger partial charge in [-0.25, -0.2) is 0 Å². The molecule has 1 atom stereocenters. The van der Waals surface area contributed by atoms with E-state index in [4.69, 9.17) is 0 Å². The molecule has 0 fully saturated rings. The molecule has 0 aliphatic heterocycles. The number of benzene rings is 1. The van der Waals surface area contributed by atoms with Crippen molar-refractivity contribution in [3.8, 4) is 0 Å². The van der Waals surface area contributed by atoms with E-state index < -0.39 is 0 Å². The predicted molar refractivity (Wildman–Crippen MR) is 66.2 cm³/mol. The maximum atomic E-state index is 2.38. The molecule has 1 aromatic carbocycles. The second-order valence-corrected chi connectivity index (χ2v) is 6.82. The van der Waals surface area contributed by atoms with Gasteiger partial charge in [-0.05, 0) is 23.6 Å². The van der Waals surface area contributed by atoms with Crippen LogP contribution in [0.3, 0.4) is 0 Å². The molecule has 0 N–H and O–H groups in total. The van der Waals surface area contributed by atoms with Gasteiger partial charge < -0.3 is 0 Å². The number of hydrogen-bond donors (Lipinski definition) is 0. The third-order valence-corrected chi connectivity index (χ3v) is 4.42. The Morgan fingerprint density at radius 1 is 1.21 bits per heavy atom. The van der Waals surface area contributed by atoms with E-state index in [2.05, 4.69) is 50.4 Å². The first-order chi connectivity index (χ1) is 6.18. The summed E-state index contributed by atoms with van der Waals surface area (Å²) in [7, 11) is -0.224. The summed E-state index contributed by atoms with van der Waals surface area (Å²) < 4.78 is 0. The van der Waals surface area contributed by atoms with Crippen molar-refractivity contribution in [3.63, 3.8) is 0 Å². The molecule has 0 nitrogen and oxygen atoms in total. The monoisotopic (exact) mass is 210 g/mol. The van der Waals surface area contributed by atoms with E-state index in [0.29, 0.717) is 0 Å². The van der Waals surface area contributed by atoms with E-state index in [1.807, 2.05) is 0 Å². The molecule has 68 valence electrons. The third kappa shape index (κ3) is 2.22. The van der Waals surface area contributed by atoms with Crippen molar-refractivity contribution < 1.29 is 0 Å². The fourth-order valence-corrected chi connectivity index (χ4v) is 3.29. The number of aryl methyl sites for hydroxylation is 1. The zero-order valence-electron chi connectivity index (χ0n) is 9.46. The normalized spacial score (nSPS) is 18.1. The van der Waals surface area contributed by atoms with Crippen molar-refractivity contribution in [1.82, 2.24) is 0 Å². The fraction of sp³-hybridized carbons (Fsp3) is 0.333. The maximum Gasteiger partial charge on any atom is 0.0548 e. The second-order valence-electron chi connectivity index (χ2n) is 4.05. The van der Waals surface area contributed by atoms with E-state index in [0.717, 1.165) is 5.54 Å². The quantitative estimate of drug-likeness (QED) is 0.625. The summed E-state index contributed by atoms with van der Waals surface area (Å²) in [6.07, 6.45) is 4.66. The molecule has 1 aromatic rings. The van der Waals surface area contributed by atoms with E-state index in [1.54, 1.807) is 5.56 Å². The molecule has 0 aromatic heterocycles. The summed E-state index contributed by atoms with van der Waals surface area (Å²) in [4.78, 5) is 0. The van der Waals surface area contributed by atoms with E-state index >= 15 is 0 Å². The average molecular weight is 210 g/mol. The summed E-state index contributed by atoms with van der Waals surface area (Å²) >= 11 is 0. The fourth-order valence-electron chi connectivity index (χ4n) is 1.93. The maximum absolute atomic E-state index is 2.38. The average Bonchev–Trinajstić information content (AvgIpc) is 2.46. The molecular weight excluding hydrogens is 195 g/mol. The van der Waals surface area contributed by atoms with Gasteiger partial charge in [0.05, 0.1) is 8.80 Å². The summed E-state index contributed by atoms with van der Waals surface area (Å²) in [5, 5.41) is 0. The van der Waals surface area contributed by atoms with Crippen molar-refractivity contribution in [2.24, 2.45) is 0 Å². The van der Waals surface area contributed by atoms with Gasteiger partial charge in [0.25, 0.3) is 0 Å². The third-order valence-electron chi connectivity index (χ3n) is 2.67. The Labute approximate surface area is 110 Å². The van der Waals surface area contributed by atoms with Crippen LogP contribution in [0.2, 0.25) is 13.1 Å². The predicted octanol–water partition coefficient (Wildman–Crippen LogP) is 3.02. The molecule has 0 amide bonds. The Morgan fingerprint density at radius 3 is 2.57 bits per heavy atom. The molecule has 1 aliphatic carbocycles. The molecule has 2 radical (unpaired) electrons.